The van der Waals surface area contributed by atoms with Crippen LogP contribution in [-0.4, -0.2) is 45.4 Å². The summed E-state index contributed by atoms with van der Waals surface area (Å²) in [6.07, 6.45) is -0.825. The van der Waals surface area contributed by atoms with E-state index in [4.69, 9.17) is 0 Å². The number of fused-ring (bicyclic) bond motifs is 1. The lowest BCUT2D eigenvalue weighted by Gasteiger charge is -2.40. The number of carbonyl (C=O) groups excluding carboxylic acids is 2. The van der Waals surface area contributed by atoms with Crippen LogP contribution >= 0.6 is 0 Å². The largest absolute Gasteiger partial charge is 0.391 e. The van der Waals surface area contributed by atoms with Crippen molar-refractivity contribution in [2.24, 2.45) is 0 Å². The molecule has 1 aromatic heterocycles. The lowest BCUT2D eigenvalue weighted by atomic mass is 9.69. The van der Waals surface area contributed by atoms with Gasteiger partial charge in [0.1, 0.15) is 5.69 Å². The van der Waals surface area contributed by atoms with Gasteiger partial charge >= 0.3 is 6.03 Å². The molecule has 3 aromatic rings. The Kier molecular flexibility index (Phi) is 7.96. The summed E-state index contributed by atoms with van der Waals surface area (Å²) in [4.78, 5) is 30.7. The van der Waals surface area contributed by atoms with E-state index in [2.05, 4.69) is 20.9 Å². The van der Waals surface area contributed by atoms with E-state index in [0.717, 1.165) is 12.1 Å². The van der Waals surface area contributed by atoms with Gasteiger partial charge in [-0.1, -0.05) is 44.2 Å². The molecular weight excluding hydrogens is 518 g/mol. The quantitative estimate of drug-likeness (QED) is 0.302. The van der Waals surface area contributed by atoms with E-state index in [-0.39, 0.29) is 18.7 Å². The Balaban J connectivity index is 1.66. The minimum Gasteiger partial charge on any atom is -0.391 e. The number of halogens is 2. The Bertz CT molecular complexity index is 1440. The number of aliphatic hydroxyl groups excluding tert-OH is 1. The van der Waals surface area contributed by atoms with Gasteiger partial charge in [0.05, 0.1) is 29.1 Å². The molecule has 0 aliphatic heterocycles. The third kappa shape index (κ3) is 6.29. The van der Waals surface area contributed by atoms with Crippen LogP contribution in [0.25, 0.3) is 11.3 Å². The highest BCUT2D eigenvalue weighted by atomic mass is 19.2. The molecule has 0 radical (unpaired) electrons. The smallest absolute Gasteiger partial charge is 0.319 e. The number of anilines is 1. The summed E-state index contributed by atoms with van der Waals surface area (Å²) in [5, 5.41) is 29.0. The van der Waals surface area contributed by atoms with Crippen LogP contribution in [0, 0.1) is 18.6 Å². The van der Waals surface area contributed by atoms with Crippen molar-refractivity contribution in [3.05, 3.63) is 82.5 Å². The Labute approximate surface area is 231 Å². The zero-order valence-corrected chi connectivity index (χ0v) is 23.1. The molecule has 0 unspecified atom stereocenters. The minimum atomic E-state index is -1.11. The summed E-state index contributed by atoms with van der Waals surface area (Å²) in [5.74, 6) is -2.54. The van der Waals surface area contributed by atoms with Crippen molar-refractivity contribution < 1.29 is 28.6 Å². The number of pyridine rings is 1. The molecule has 8 nitrogen and oxygen atoms in total. The Morgan fingerprint density at radius 2 is 1.75 bits per heavy atom. The normalized spacial score (nSPS) is 18.0. The molecule has 10 heteroatoms. The topological polar surface area (TPSA) is 124 Å². The van der Waals surface area contributed by atoms with Gasteiger partial charge in [-0.05, 0) is 67.5 Å². The summed E-state index contributed by atoms with van der Waals surface area (Å²) in [7, 11) is 0. The molecule has 1 aliphatic rings. The first-order chi connectivity index (χ1) is 18.7. The Hall–Kier alpha value is -3.89. The summed E-state index contributed by atoms with van der Waals surface area (Å²) < 4.78 is 28.3. The van der Waals surface area contributed by atoms with Gasteiger partial charge in [0.15, 0.2) is 11.6 Å². The van der Waals surface area contributed by atoms with Gasteiger partial charge < -0.3 is 26.2 Å². The Morgan fingerprint density at radius 1 is 1.10 bits per heavy atom. The minimum absolute atomic E-state index is 0.0164. The van der Waals surface area contributed by atoms with E-state index in [1.54, 1.807) is 51.1 Å². The maximum atomic E-state index is 14.2. The molecule has 3 amide bonds. The van der Waals surface area contributed by atoms with Gasteiger partial charge in [-0.3, -0.25) is 4.79 Å². The van der Waals surface area contributed by atoms with E-state index in [1.165, 1.54) is 0 Å². The standard InChI is InChI=1S/C30H34F2N4O4/c1-16-11-22(25(17-9-7-6-8-10-17)35-24(16)27(38)33-15-30(4,5)40)34-28(39)36-26-18-12-20(31)21(32)13-19(18)29(2,3)14-23(26)37/h6-13,23,26,37,40H,14-15H2,1-5H3,(H,33,38)(H2,34,36,39)/t23-,26-/m1/s1. The van der Waals surface area contributed by atoms with Crippen LogP contribution in [0.4, 0.5) is 19.3 Å². The average Bonchev–Trinajstić information content (AvgIpc) is 2.86. The number of aromatic nitrogens is 1. The van der Waals surface area contributed by atoms with Crippen LogP contribution in [0.3, 0.4) is 0 Å². The highest BCUT2D eigenvalue weighted by molar-refractivity contribution is 5.98. The lowest BCUT2D eigenvalue weighted by Crippen LogP contribution is -2.45. The number of aliphatic hydroxyl groups is 2. The molecule has 2 atom stereocenters. The van der Waals surface area contributed by atoms with Crippen LogP contribution in [0.15, 0.2) is 48.5 Å². The molecule has 0 bridgehead atoms. The highest BCUT2D eigenvalue weighted by Crippen LogP contribution is 2.42. The van der Waals surface area contributed by atoms with Crippen LogP contribution in [-0.2, 0) is 5.41 Å². The number of nitrogens with one attached hydrogen (secondary N) is 3. The molecule has 0 saturated carbocycles. The summed E-state index contributed by atoms with van der Waals surface area (Å²) >= 11 is 0. The average molecular weight is 553 g/mol. The van der Waals surface area contributed by atoms with Crippen molar-refractivity contribution in [1.82, 2.24) is 15.6 Å². The van der Waals surface area contributed by atoms with Gasteiger partial charge in [0, 0.05) is 12.1 Å². The molecule has 0 saturated heterocycles. The van der Waals surface area contributed by atoms with Crippen molar-refractivity contribution in [2.45, 2.75) is 64.2 Å². The second-order valence-electron chi connectivity index (χ2n) is 11.5. The summed E-state index contributed by atoms with van der Waals surface area (Å²) in [6, 6.07) is 11.0. The van der Waals surface area contributed by atoms with Crippen molar-refractivity contribution in [2.75, 3.05) is 11.9 Å². The van der Waals surface area contributed by atoms with E-state index in [0.29, 0.717) is 33.6 Å². The molecule has 1 heterocycles. The van der Waals surface area contributed by atoms with Crippen LogP contribution in [0.5, 0.6) is 0 Å². The zero-order chi connectivity index (χ0) is 29.4. The molecule has 1 aliphatic carbocycles. The van der Waals surface area contributed by atoms with Gasteiger partial charge in [-0.25, -0.2) is 18.6 Å². The SMILES string of the molecule is Cc1cc(NC(=O)N[C@@H]2c3cc(F)c(F)cc3C(C)(C)C[C@H]2O)c(-c2ccccc2)nc1C(=O)NCC(C)(C)O. The second kappa shape index (κ2) is 10.9. The van der Waals surface area contributed by atoms with Gasteiger partial charge in [-0.2, -0.15) is 0 Å². The fourth-order valence-corrected chi connectivity index (χ4v) is 4.97. The molecule has 2 aromatic carbocycles. The van der Waals surface area contributed by atoms with Crippen molar-refractivity contribution >= 4 is 17.6 Å². The number of aryl methyl sites for hydroxylation is 1. The number of nitrogens with zero attached hydrogens (tertiary/aromatic N) is 1. The zero-order valence-electron chi connectivity index (χ0n) is 23.1. The van der Waals surface area contributed by atoms with Gasteiger partial charge in [0.2, 0.25) is 0 Å². The third-order valence-corrected chi connectivity index (χ3v) is 6.95. The summed E-state index contributed by atoms with van der Waals surface area (Å²) in [5.41, 5.74) is 0.927. The number of hydrogen-bond donors (Lipinski definition) is 5. The number of urea groups is 1. The van der Waals surface area contributed by atoms with Gasteiger partial charge in [-0.15, -0.1) is 0 Å². The van der Waals surface area contributed by atoms with Crippen molar-refractivity contribution in [3.8, 4) is 11.3 Å². The fraction of sp³-hybridized carbons (Fsp3) is 0.367. The third-order valence-electron chi connectivity index (χ3n) is 6.95. The number of carbonyl (C=O) groups is 2. The molecule has 0 spiro atoms. The molecule has 4 rings (SSSR count). The van der Waals surface area contributed by atoms with E-state index < -0.39 is 46.7 Å². The molecule has 212 valence electrons. The van der Waals surface area contributed by atoms with Crippen LogP contribution in [0.1, 0.15) is 67.3 Å². The maximum Gasteiger partial charge on any atom is 0.319 e. The van der Waals surface area contributed by atoms with Crippen molar-refractivity contribution in [3.63, 3.8) is 0 Å². The molecular formula is C30H34F2N4O4. The monoisotopic (exact) mass is 552 g/mol. The number of benzene rings is 2. The second-order valence-corrected chi connectivity index (χ2v) is 11.5. The number of hydrogen-bond acceptors (Lipinski definition) is 5. The van der Waals surface area contributed by atoms with Crippen LogP contribution in [0.2, 0.25) is 0 Å². The highest BCUT2D eigenvalue weighted by Gasteiger charge is 2.40. The summed E-state index contributed by atoms with van der Waals surface area (Å²) in [6.45, 7) is 8.47. The predicted octanol–water partition coefficient (Wildman–Crippen LogP) is 4.74. The van der Waals surface area contributed by atoms with Gasteiger partial charge in [0.25, 0.3) is 5.91 Å². The van der Waals surface area contributed by atoms with E-state index in [9.17, 15) is 28.6 Å². The maximum absolute atomic E-state index is 14.2. The lowest BCUT2D eigenvalue weighted by molar-refractivity contribution is 0.0691. The number of rotatable bonds is 6. The first kappa shape index (κ1) is 29.1. The van der Waals surface area contributed by atoms with E-state index >= 15 is 0 Å². The first-order valence-corrected chi connectivity index (χ1v) is 13.0. The van der Waals surface area contributed by atoms with E-state index in [1.807, 2.05) is 19.9 Å². The Morgan fingerprint density at radius 3 is 2.40 bits per heavy atom. The van der Waals surface area contributed by atoms with Crippen molar-refractivity contribution in [1.29, 1.82) is 0 Å². The van der Waals surface area contributed by atoms with Crippen LogP contribution < -0.4 is 16.0 Å². The molecule has 40 heavy (non-hydrogen) atoms. The molecule has 5 N–H and O–H groups in total. The first-order valence-electron chi connectivity index (χ1n) is 13.0. The molecule has 0 fully saturated rings. The predicted molar refractivity (Wildman–Crippen MR) is 148 cm³/mol. The number of amides is 3. The fourth-order valence-electron chi connectivity index (χ4n) is 4.97.